The van der Waals surface area contributed by atoms with Crippen LogP contribution < -0.4 is 9.47 Å². The zero-order valence-electron chi connectivity index (χ0n) is 11.9. The van der Waals surface area contributed by atoms with Gasteiger partial charge in [0.1, 0.15) is 11.5 Å². The molecule has 1 atom stereocenters. The van der Waals surface area contributed by atoms with Crippen LogP contribution in [0.1, 0.15) is 11.1 Å². The highest BCUT2D eigenvalue weighted by Gasteiger charge is 2.59. The number of hydrogen-bond acceptors (Lipinski definition) is 4. The molecule has 2 aromatic rings. The third kappa shape index (κ3) is 2.17. The van der Waals surface area contributed by atoms with Crippen molar-refractivity contribution in [2.24, 2.45) is 0 Å². The molecule has 0 radical (unpaired) electrons. The Morgan fingerprint density at radius 3 is 1.62 bits per heavy atom. The number of methoxy groups -OCH3 is 2. The van der Waals surface area contributed by atoms with Crippen LogP contribution >= 0.6 is 0 Å². The molecule has 3 rings (SSSR count). The van der Waals surface area contributed by atoms with Gasteiger partial charge in [0.2, 0.25) is 0 Å². The van der Waals surface area contributed by atoms with Crippen molar-refractivity contribution in [1.82, 2.24) is 0 Å². The van der Waals surface area contributed by atoms with E-state index in [1.165, 1.54) is 0 Å². The van der Waals surface area contributed by atoms with Gasteiger partial charge in [-0.15, -0.1) is 0 Å². The van der Waals surface area contributed by atoms with Gasteiger partial charge in [-0.05, 0) is 35.4 Å². The van der Waals surface area contributed by atoms with E-state index in [-0.39, 0.29) is 0 Å². The van der Waals surface area contributed by atoms with E-state index in [0.717, 1.165) is 28.9 Å². The third-order valence-electron chi connectivity index (χ3n) is 3.82. The Morgan fingerprint density at radius 1 is 0.905 bits per heavy atom. The lowest BCUT2D eigenvalue weighted by atomic mass is 9.88. The quantitative estimate of drug-likeness (QED) is 0.625. The number of ether oxygens (including phenoxy) is 3. The summed E-state index contributed by atoms with van der Waals surface area (Å²) in [5.41, 5.74) is 1.18. The Bertz CT molecular complexity index is 583. The number of hydrogen-bond donors (Lipinski definition) is 0. The lowest BCUT2D eigenvalue weighted by molar-refractivity contribution is -0.108. The molecule has 21 heavy (non-hydrogen) atoms. The number of epoxide rings is 1. The van der Waals surface area contributed by atoms with Crippen molar-refractivity contribution in [2.45, 2.75) is 11.7 Å². The predicted octanol–water partition coefficient (Wildman–Crippen LogP) is 2.55. The van der Waals surface area contributed by atoms with E-state index in [4.69, 9.17) is 14.2 Å². The van der Waals surface area contributed by atoms with E-state index in [2.05, 4.69) is 0 Å². The fourth-order valence-corrected chi connectivity index (χ4v) is 2.60. The van der Waals surface area contributed by atoms with Gasteiger partial charge in [0.25, 0.3) is 0 Å². The Hall–Kier alpha value is -2.33. The van der Waals surface area contributed by atoms with E-state index in [1.54, 1.807) is 14.2 Å². The number of aldehydes is 1. The highest BCUT2D eigenvalue weighted by molar-refractivity contribution is 5.68. The molecule has 1 heterocycles. The van der Waals surface area contributed by atoms with Crippen LogP contribution in [-0.2, 0) is 15.1 Å². The van der Waals surface area contributed by atoms with E-state index in [9.17, 15) is 4.79 Å². The first kappa shape index (κ1) is 13.6. The molecule has 0 aliphatic carbocycles. The predicted molar refractivity (Wildman–Crippen MR) is 77.7 cm³/mol. The fourth-order valence-electron chi connectivity index (χ4n) is 2.60. The number of carbonyl (C=O) groups is 1. The Kier molecular flexibility index (Phi) is 3.39. The SMILES string of the molecule is COc1ccc(C2(c3ccc(OC)cc3)OC2C=O)cc1. The van der Waals surface area contributed by atoms with Gasteiger partial charge >= 0.3 is 0 Å². The van der Waals surface area contributed by atoms with Crippen LogP contribution in [0.3, 0.4) is 0 Å². The highest BCUT2D eigenvalue weighted by Crippen LogP contribution is 2.51. The van der Waals surface area contributed by atoms with Crippen molar-refractivity contribution in [1.29, 1.82) is 0 Å². The molecule has 0 amide bonds. The Morgan fingerprint density at radius 2 is 1.33 bits per heavy atom. The van der Waals surface area contributed by atoms with Gasteiger partial charge in [-0.25, -0.2) is 0 Å². The molecule has 1 fully saturated rings. The standard InChI is InChI=1S/C17H16O4/c1-19-14-7-3-12(4-8-14)17(16(11-18)21-17)13-5-9-15(20-2)10-6-13/h3-11,16H,1-2H3. The molecule has 4 heteroatoms. The maximum Gasteiger partial charge on any atom is 0.152 e. The maximum atomic E-state index is 11.2. The summed E-state index contributed by atoms with van der Waals surface area (Å²) in [6.45, 7) is 0. The van der Waals surface area contributed by atoms with Gasteiger partial charge in [0.15, 0.2) is 18.0 Å². The summed E-state index contributed by atoms with van der Waals surface area (Å²) in [4.78, 5) is 11.2. The lowest BCUT2D eigenvalue weighted by Gasteiger charge is -2.14. The number of benzene rings is 2. The Balaban J connectivity index is 2.01. The first-order valence-corrected chi connectivity index (χ1v) is 6.67. The minimum atomic E-state index is -0.694. The molecule has 1 unspecified atom stereocenters. The molecule has 108 valence electrons. The minimum Gasteiger partial charge on any atom is -0.497 e. The van der Waals surface area contributed by atoms with Crippen molar-refractivity contribution < 1.29 is 19.0 Å². The summed E-state index contributed by atoms with van der Waals surface area (Å²) in [6.07, 6.45) is 0.383. The summed E-state index contributed by atoms with van der Waals surface area (Å²) < 4.78 is 16.1. The first-order valence-electron chi connectivity index (χ1n) is 6.67. The summed E-state index contributed by atoms with van der Waals surface area (Å²) >= 11 is 0. The van der Waals surface area contributed by atoms with Crippen molar-refractivity contribution in [3.63, 3.8) is 0 Å². The van der Waals surface area contributed by atoms with Crippen molar-refractivity contribution in [2.75, 3.05) is 14.2 Å². The molecule has 0 bridgehead atoms. The van der Waals surface area contributed by atoms with Crippen molar-refractivity contribution >= 4 is 6.29 Å². The van der Waals surface area contributed by atoms with Crippen LogP contribution in [0.25, 0.3) is 0 Å². The zero-order chi connectivity index (χ0) is 14.9. The van der Waals surface area contributed by atoms with E-state index >= 15 is 0 Å². The zero-order valence-corrected chi connectivity index (χ0v) is 11.9. The minimum absolute atomic E-state index is 0.459. The smallest absolute Gasteiger partial charge is 0.152 e. The van der Waals surface area contributed by atoms with Crippen molar-refractivity contribution in [3.05, 3.63) is 59.7 Å². The second kappa shape index (κ2) is 5.22. The topological polar surface area (TPSA) is 48.1 Å². The van der Waals surface area contributed by atoms with E-state index in [1.807, 2.05) is 48.5 Å². The van der Waals surface area contributed by atoms with Gasteiger partial charge in [-0.1, -0.05) is 24.3 Å². The molecule has 1 aliphatic rings. The van der Waals surface area contributed by atoms with Crippen molar-refractivity contribution in [3.8, 4) is 11.5 Å². The molecule has 0 spiro atoms. The average Bonchev–Trinajstić information content (AvgIpc) is 3.31. The van der Waals surface area contributed by atoms with E-state index < -0.39 is 11.7 Å². The average molecular weight is 284 g/mol. The van der Waals surface area contributed by atoms with Gasteiger partial charge < -0.3 is 19.0 Å². The monoisotopic (exact) mass is 284 g/mol. The number of rotatable bonds is 5. The Labute approximate surface area is 123 Å². The molecule has 0 saturated carbocycles. The highest BCUT2D eigenvalue weighted by atomic mass is 16.6. The second-order valence-corrected chi connectivity index (χ2v) is 4.87. The summed E-state index contributed by atoms with van der Waals surface area (Å²) in [6, 6.07) is 15.2. The van der Waals surface area contributed by atoms with Crippen LogP contribution in [-0.4, -0.2) is 26.6 Å². The molecular weight excluding hydrogens is 268 g/mol. The molecule has 0 aromatic heterocycles. The molecule has 0 N–H and O–H groups in total. The third-order valence-corrected chi connectivity index (χ3v) is 3.82. The fraction of sp³-hybridized carbons (Fsp3) is 0.235. The summed E-state index contributed by atoms with van der Waals surface area (Å²) in [5, 5.41) is 0. The van der Waals surface area contributed by atoms with E-state index in [0.29, 0.717) is 0 Å². The molecular formula is C17H16O4. The molecule has 4 nitrogen and oxygen atoms in total. The van der Waals surface area contributed by atoms with Crippen LogP contribution in [0.2, 0.25) is 0 Å². The van der Waals surface area contributed by atoms with Gasteiger partial charge in [-0.3, -0.25) is 0 Å². The first-order chi connectivity index (χ1) is 10.2. The van der Waals surface area contributed by atoms with Crippen LogP contribution in [0.5, 0.6) is 11.5 Å². The normalized spacial score (nSPS) is 18.9. The molecule has 1 aliphatic heterocycles. The van der Waals surface area contributed by atoms with Gasteiger partial charge in [0.05, 0.1) is 14.2 Å². The van der Waals surface area contributed by atoms with Crippen LogP contribution in [0.15, 0.2) is 48.5 Å². The van der Waals surface area contributed by atoms with Gasteiger partial charge in [-0.2, -0.15) is 0 Å². The molecule has 1 saturated heterocycles. The van der Waals surface area contributed by atoms with Crippen LogP contribution in [0, 0.1) is 0 Å². The van der Waals surface area contributed by atoms with Gasteiger partial charge in [0, 0.05) is 0 Å². The summed E-state index contributed by atoms with van der Waals surface area (Å²) in [7, 11) is 3.24. The number of carbonyl (C=O) groups excluding carboxylic acids is 1. The van der Waals surface area contributed by atoms with Crippen LogP contribution in [0.4, 0.5) is 0 Å². The molecule has 2 aromatic carbocycles. The largest absolute Gasteiger partial charge is 0.497 e. The lowest BCUT2D eigenvalue weighted by Crippen LogP contribution is -2.15. The maximum absolute atomic E-state index is 11.2. The second-order valence-electron chi connectivity index (χ2n) is 4.87. The summed E-state index contributed by atoms with van der Waals surface area (Å²) in [5.74, 6) is 1.54.